The summed E-state index contributed by atoms with van der Waals surface area (Å²) in [4.78, 5) is 3.94. The van der Waals surface area contributed by atoms with Crippen molar-refractivity contribution in [3.8, 4) is 0 Å². The van der Waals surface area contributed by atoms with E-state index in [0.29, 0.717) is 22.8 Å². The van der Waals surface area contributed by atoms with Crippen molar-refractivity contribution in [1.29, 1.82) is 0 Å². The Kier molecular flexibility index (Phi) is 4.55. The van der Waals surface area contributed by atoms with Gasteiger partial charge in [0.15, 0.2) is 5.03 Å². The normalized spacial score (nSPS) is 12.0. The Morgan fingerprint density at radius 2 is 2.14 bits per heavy atom. The highest BCUT2D eigenvalue weighted by Crippen LogP contribution is 2.22. The van der Waals surface area contributed by atoms with Crippen molar-refractivity contribution < 1.29 is 8.42 Å². The van der Waals surface area contributed by atoms with E-state index < -0.39 is 10.0 Å². The van der Waals surface area contributed by atoms with Crippen LogP contribution < -0.4 is 5.73 Å². The standard InChI is InChI=1S/C13H17ClN4O2S/c1-3-18-8-13(16-9-18)21(19,20)17(2)7-10-6-11(15)4-5-12(10)14/h4-6,8-9H,3,7,15H2,1-2H3. The van der Waals surface area contributed by atoms with Gasteiger partial charge in [0.1, 0.15) is 0 Å². The lowest BCUT2D eigenvalue weighted by atomic mass is 10.2. The lowest BCUT2D eigenvalue weighted by Crippen LogP contribution is -2.27. The quantitative estimate of drug-likeness (QED) is 0.851. The fraction of sp³-hybridized carbons (Fsp3) is 0.308. The fourth-order valence-corrected chi connectivity index (χ4v) is 3.10. The number of benzene rings is 1. The number of anilines is 1. The van der Waals surface area contributed by atoms with E-state index in [0.717, 1.165) is 0 Å². The van der Waals surface area contributed by atoms with E-state index in [1.54, 1.807) is 22.8 Å². The van der Waals surface area contributed by atoms with Gasteiger partial charge in [0.2, 0.25) is 0 Å². The molecule has 2 N–H and O–H groups in total. The smallest absolute Gasteiger partial charge is 0.262 e. The molecule has 21 heavy (non-hydrogen) atoms. The van der Waals surface area contributed by atoms with Gasteiger partial charge in [-0.3, -0.25) is 0 Å². The average Bonchev–Trinajstić information content (AvgIpc) is 2.92. The first kappa shape index (κ1) is 15.8. The number of hydrogen-bond acceptors (Lipinski definition) is 4. The second kappa shape index (κ2) is 6.05. The summed E-state index contributed by atoms with van der Waals surface area (Å²) in [5, 5.41) is 0.497. The van der Waals surface area contributed by atoms with Crippen LogP contribution in [-0.4, -0.2) is 29.3 Å². The van der Waals surface area contributed by atoms with Gasteiger partial charge in [-0.15, -0.1) is 0 Å². The molecular formula is C13H17ClN4O2S. The summed E-state index contributed by atoms with van der Waals surface area (Å²) in [6, 6.07) is 4.99. The Balaban J connectivity index is 2.26. The summed E-state index contributed by atoms with van der Waals surface area (Å²) in [6.45, 7) is 2.70. The number of sulfonamides is 1. The largest absolute Gasteiger partial charge is 0.399 e. The van der Waals surface area contributed by atoms with Crippen LogP contribution >= 0.6 is 11.6 Å². The average molecular weight is 329 g/mol. The van der Waals surface area contributed by atoms with Gasteiger partial charge < -0.3 is 10.3 Å². The molecule has 2 rings (SSSR count). The molecule has 8 heteroatoms. The monoisotopic (exact) mass is 328 g/mol. The van der Waals surface area contributed by atoms with Crippen molar-refractivity contribution in [2.45, 2.75) is 25.0 Å². The van der Waals surface area contributed by atoms with Crippen molar-refractivity contribution in [2.75, 3.05) is 12.8 Å². The van der Waals surface area contributed by atoms with Crippen molar-refractivity contribution in [1.82, 2.24) is 13.9 Å². The number of hydrogen-bond donors (Lipinski definition) is 1. The van der Waals surface area contributed by atoms with Crippen molar-refractivity contribution in [3.63, 3.8) is 0 Å². The van der Waals surface area contributed by atoms with Crippen LogP contribution in [0.5, 0.6) is 0 Å². The van der Waals surface area contributed by atoms with Crippen molar-refractivity contribution in [2.24, 2.45) is 0 Å². The molecule has 0 saturated carbocycles. The number of nitrogens with two attached hydrogens (primary N) is 1. The first-order valence-electron chi connectivity index (χ1n) is 6.36. The van der Waals surface area contributed by atoms with Crippen LogP contribution in [0.1, 0.15) is 12.5 Å². The van der Waals surface area contributed by atoms with Gasteiger partial charge in [0.25, 0.3) is 10.0 Å². The van der Waals surface area contributed by atoms with E-state index >= 15 is 0 Å². The van der Waals surface area contributed by atoms with Crippen LogP contribution in [-0.2, 0) is 23.1 Å². The maximum atomic E-state index is 12.4. The minimum atomic E-state index is -3.65. The van der Waals surface area contributed by atoms with Crippen LogP contribution in [0.2, 0.25) is 5.02 Å². The number of halogens is 1. The number of rotatable bonds is 5. The fourth-order valence-electron chi connectivity index (χ4n) is 1.85. The van der Waals surface area contributed by atoms with Crippen LogP contribution in [0.25, 0.3) is 0 Å². The van der Waals surface area contributed by atoms with Crippen molar-refractivity contribution in [3.05, 3.63) is 41.3 Å². The van der Waals surface area contributed by atoms with Gasteiger partial charge in [0, 0.05) is 37.0 Å². The second-order valence-electron chi connectivity index (χ2n) is 4.65. The topological polar surface area (TPSA) is 81.2 Å². The number of imidazole rings is 1. The van der Waals surface area contributed by atoms with E-state index in [1.165, 1.54) is 23.9 Å². The lowest BCUT2D eigenvalue weighted by Gasteiger charge is -2.16. The summed E-state index contributed by atoms with van der Waals surface area (Å²) >= 11 is 6.07. The molecule has 0 unspecified atom stereocenters. The molecular weight excluding hydrogens is 312 g/mol. The number of nitrogen functional groups attached to an aromatic ring is 1. The summed E-state index contributed by atoms with van der Waals surface area (Å²) in [5.74, 6) is 0. The minimum Gasteiger partial charge on any atom is -0.399 e. The maximum absolute atomic E-state index is 12.4. The Morgan fingerprint density at radius 3 is 2.76 bits per heavy atom. The Morgan fingerprint density at radius 1 is 1.43 bits per heavy atom. The predicted molar refractivity (Wildman–Crippen MR) is 82.4 cm³/mol. The van der Waals surface area contributed by atoms with Crippen LogP contribution in [0.3, 0.4) is 0 Å². The van der Waals surface area contributed by atoms with Gasteiger partial charge in [-0.1, -0.05) is 11.6 Å². The van der Waals surface area contributed by atoms with Crippen LogP contribution in [0, 0.1) is 0 Å². The number of aryl methyl sites for hydroxylation is 1. The lowest BCUT2D eigenvalue weighted by molar-refractivity contribution is 0.464. The van der Waals surface area contributed by atoms with E-state index in [9.17, 15) is 8.42 Å². The molecule has 0 aliphatic carbocycles. The second-order valence-corrected chi connectivity index (χ2v) is 7.05. The molecule has 114 valence electrons. The highest BCUT2D eigenvalue weighted by molar-refractivity contribution is 7.89. The molecule has 0 fully saturated rings. The van der Waals surface area contributed by atoms with Gasteiger partial charge in [-0.05, 0) is 30.7 Å². The zero-order valence-corrected chi connectivity index (χ0v) is 13.4. The third-order valence-corrected chi connectivity index (χ3v) is 5.17. The van der Waals surface area contributed by atoms with E-state index in [4.69, 9.17) is 17.3 Å². The third-order valence-electron chi connectivity index (χ3n) is 3.11. The van der Waals surface area contributed by atoms with Gasteiger partial charge in [-0.25, -0.2) is 13.4 Å². The Hall–Kier alpha value is -1.57. The molecule has 1 aromatic heterocycles. The van der Waals surface area contributed by atoms with Gasteiger partial charge >= 0.3 is 0 Å². The zero-order chi connectivity index (χ0) is 15.6. The maximum Gasteiger partial charge on any atom is 0.262 e. The molecule has 0 radical (unpaired) electrons. The van der Waals surface area contributed by atoms with Gasteiger partial charge in [-0.2, -0.15) is 4.31 Å². The highest BCUT2D eigenvalue weighted by atomic mass is 35.5. The molecule has 0 bridgehead atoms. The van der Waals surface area contributed by atoms with Crippen molar-refractivity contribution >= 4 is 27.3 Å². The molecule has 0 aliphatic heterocycles. The molecule has 2 aromatic rings. The molecule has 0 spiro atoms. The number of aromatic nitrogens is 2. The highest BCUT2D eigenvalue weighted by Gasteiger charge is 2.24. The predicted octanol–water partition coefficient (Wildman–Crippen LogP) is 1.96. The molecule has 0 aliphatic rings. The summed E-state index contributed by atoms with van der Waals surface area (Å²) < 4.78 is 27.8. The minimum absolute atomic E-state index is 0.0203. The van der Waals surface area contributed by atoms with E-state index in [-0.39, 0.29) is 11.6 Å². The number of nitrogens with zero attached hydrogens (tertiary/aromatic N) is 3. The molecule has 1 heterocycles. The SMILES string of the molecule is CCn1cnc(S(=O)(=O)N(C)Cc2cc(N)ccc2Cl)c1. The molecule has 1 aromatic carbocycles. The van der Waals surface area contributed by atoms with Crippen LogP contribution in [0.4, 0.5) is 5.69 Å². The van der Waals surface area contributed by atoms with E-state index in [2.05, 4.69) is 4.98 Å². The van der Waals surface area contributed by atoms with Gasteiger partial charge in [0.05, 0.1) is 6.33 Å². The summed E-state index contributed by atoms with van der Waals surface area (Å²) in [5.41, 5.74) is 6.89. The molecule has 0 saturated heterocycles. The summed E-state index contributed by atoms with van der Waals surface area (Å²) in [6.07, 6.45) is 3.00. The molecule has 0 amide bonds. The zero-order valence-electron chi connectivity index (χ0n) is 11.8. The Bertz CT molecular complexity index is 742. The molecule has 0 atom stereocenters. The van der Waals surface area contributed by atoms with Crippen LogP contribution in [0.15, 0.2) is 35.7 Å². The first-order valence-corrected chi connectivity index (χ1v) is 8.18. The Labute approximate surface area is 129 Å². The first-order chi connectivity index (χ1) is 9.84. The summed E-state index contributed by atoms with van der Waals surface area (Å²) in [7, 11) is -2.17. The van der Waals surface area contributed by atoms with E-state index in [1.807, 2.05) is 6.92 Å². The third kappa shape index (κ3) is 3.37. The molecule has 6 nitrogen and oxygen atoms in total.